The van der Waals surface area contributed by atoms with Crippen molar-refractivity contribution in [2.45, 2.75) is 32.9 Å². The predicted octanol–water partition coefficient (Wildman–Crippen LogP) is 4.15. The fraction of sp³-hybridized carbons (Fsp3) is 0.312. The van der Waals surface area contributed by atoms with E-state index < -0.39 is 5.60 Å². The Hall–Kier alpha value is -2.23. The minimum Gasteiger partial charge on any atom is -0.459 e. The largest absolute Gasteiger partial charge is 0.459 e. The third-order valence-corrected chi connectivity index (χ3v) is 3.07. The molecule has 0 unspecified atom stereocenters. The lowest BCUT2D eigenvalue weighted by molar-refractivity contribution is 0.0313. The van der Waals surface area contributed by atoms with E-state index in [4.69, 9.17) is 9.15 Å². The molecule has 4 nitrogen and oxygen atoms in total. The molecule has 1 aromatic heterocycles. The number of fused-ring (bicyclic) bond motifs is 3. The SMILES string of the molecule is CC(C)(C)OC(=O)N1C=Cc2c(oc3ccccc23)C1. The Labute approximate surface area is 117 Å². The molecule has 0 spiro atoms. The minimum atomic E-state index is -0.501. The smallest absolute Gasteiger partial charge is 0.414 e. The van der Waals surface area contributed by atoms with Gasteiger partial charge in [0.25, 0.3) is 0 Å². The van der Waals surface area contributed by atoms with Gasteiger partial charge in [-0.25, -0.2) is 4.79 Å². The van der Waals surface area contributed by atoms with Gasteiger partial charge in [-0.05, 0) is 32.9 Å². The Morgan fingerprint density at radius 3 is 2.80 bits per heavy atom. The van der Waals surface area contributed by atoms with E-state index in [-0.39, 0.29) is 6.09 Å². The number of carbonyl (C=O) groups is 1. The molecule has 1 amide bonds. The van der Waals surface area contributed by atoms with Crippen molar-refractivity contribution in [3.8, 4) is 0 Å². The lowest BCUT2D eigenvalue weighted by atomic mass is 10.1. The van der Waals surface area contributed by atoms with Crippen LogP contribution < -0.4 is 0 Å². The van der Waals surface area contributed by atoms with E-state index in [0.717, 1.165) is 22.3 Å². The second-order valence-corrected chi connectivity index (χ2v) is 5.86. The van der Waals surface area contributed by atoms with Crippen LogP contribution in [0.2, 0.25) is 0 Å². The van der Waals surface area contributed by atoms with E-state index in [1.165, 1.54) is 4.90 Å². The quantitative estimate of drug-likeness (QED) is 0.722. The van der Waals surface area contributed by atoms with Gasteiger partial charge >= 0.3 is 6.09 Å². The number of furan rings is 1. The molecule has 4 heteroatoms. The highest BCUT2D eigenvalue weighted by atomic mass is 16.6. The van der Waals surface area contributed by atoms with Gasteiger partial charge in [-0.2, -0.15) is 0 Å². The van der Waals surface area contributed by atoms with Crippen molar-refractivity contribution in [1.82, 2.24) is 4.90 Å². The van der Waals surface area contributed by atoms with Crippen molar-refractivity contribution in [3.05, 3.63) is 41.8 Å². The number of para-hydroxylation sites is 1. The highest BCUT2D eigenvalue weighted by molar-refractivity contribution is 5.89. The van der Waals surface area contributed by atoms with Crippen molar-refractivity contribution in [3.63, 3.8) is 0 Å². The number of hydrogen-bond acceptors (Lipinski definition) is 3. The number of nitrogens with zero attached hydrogens (tertiary/aromatic N) is 1. The standard InChI is InChI=1S/C16H17NO3/c1-16(2,3)20-15(18)17-9-8-12-11-6-4-5-7-13(11)19-14(12)10-17/h4-9H,10H2,1-3H3. The summed E-state index contributed by atoms with van der Waals surface area (Å²) in [4.78, 5) is 13.6. The van der Waals surface area contributed by atoms with Crippen LogP contribution in [0.5, 0.6) is 0 Å². The summed E-state index contributed by atoms with van der Waals surface area (Å²) in [6, 6.07) is 7.86. The summed E-state index contributed by atoms with van der Waals surface area (Å²) >= 11 is 0. The highest BCUT2D eigenvalue weighted by Gasteiger charge is 2.25. The monoisotopic (exact) mass is 271 g/mol. The fourth-order valence-electron chi connectivity index (χ4n) is 2.23. The molecule has 0 radical (unpaired) electrons. The molecule has 20 heavy (non-hydrogen) atoms. The molecular formula is C16H17NO3. The Bertz CT molecular complexity index is 691. The van der Waals surface area contributed by atoms with E-state index in [2.05, 4.69) is 0 Å². The molecule has 0 bridgehead atoms. The maximum atomic E-state index is 12.0. The number of amides is 1. The maximum Gasteiger partial charge on any atom is 0.414 e. The van der Waals surface area contributed by atoms with Gasteiger partial charge in [-0.15, -0.1) is 0 Å². The number of rotatable bonds is 0. The van der Waals surface area contributed by atoms with Gasteiger partial charge in [0.2, 0.25) is 0 Å². The Morgan fingerprint density at radius 2 is 2.05 bits per heavy atom. The topological polar surface area (TPSA) is 42.7 Å². The first-order valence-corrected chi connectivity index (χ1v) is 6.62. The zero-order chi connectivity index (χ0) is 14.3. The van der Waals surface area contributed by atoms with Gasteiger partial charge in [-0.3, -0.25) is 4.90 Å². The number of benzene rings is 1. The van der Waals surface area contributed by atoms with Gasteiger partial charge in [-0.1, -0.05) is 18.2 Å². The maximum absolute atomic E-state index is 12.0. The molecule has 0 fully saturated rings. The predicted molar refractivity (Wildman–Crippen MR) is 77.0 cm³/mol. The molecular weight excluding hydrogens is 254 g/mol. The summed E-state index contributed by atoms with van der Waals surface area (Å²) < 4.78 is 11.2. The third-order valence-electron chi connectivity index (χ3n) is 3.07. The van der Waals surface area contributed by atoms with Crippen LogP contribution >= 0.6 is 0 Å². The molecule has 2 heterocycles. The van der Waals surface area contributed by atoms with E-state index in [0.29, 0.717) is 6.54 Å². The lowest BCUT2D eigenvalue weighted by Crippen LogP contribution is -2.34. The second-order valence-electron chi connectivity index (χ2n) is 5.86. The fourth-order valence-corrected chi connectivity index (χ4v) is 2.23. The number of hydrogen-bond donors (Lipinski definition) is 0. The van der Waals surface area contributed by atoms with Crippen LogP contribution in [0.4, 0.5) is 4.79 Å². The first kappa shape index (κ1) is 12.8. The van der Waals surface area contributed by atoms with Crippen LogP contribution in [0.25, 0.3) is 17.0 Å². The van der Waals surface area contributed by atoms with Gasteiger partial charge < -0.3 is 9.15 Å². The van der Waals surface area contributed by atoms with Gasteiger partial charge in [0.05, 0.1) is 6.54 Å². The van der Waals surface area contributed by atoms with Gasteiger partial charge in [0, 0.05) is 17.1 Å². The summed E-state index contributed by atoms with van der Waals surface area (Å²) in [6.07, 6.45) is 3.28. The molecule has 3 rings (SSSR count). The van der Waals surface area contributed by atoms with Crippen LogP contribution in [-0.2, 0) is 11.3 Å². The Kier molecular flexibility index (Phi) is 2.82. The normalized spacial score (nSPS) is 14.4. The van der Waals surface area contributed by atoms with Crippen molar-refractivity contribution in [1.29, 1.82) is 0 Å². The van der Waals surface area contributed by atoms with Crippen LogP contribution in [0, 0.1) is 0 Å². The van der Waals surface area contributed by atoms with Crippen molar-refractivity contribution in [2.75, 3.05) is 0 Å². The summed E-state index contributed by atoms with van der Waals surface area (Å²) in [6.45, 7) is 5.96. The number of ether oxygens (including phenoxy) is 1. The van der Waals surface area contributed by atoms with E-state index in [1.54, 1.807) is 6.20 Å². The average molecular weight is 271 g/mol. The lowest BCUT2D eigenvalue weighted by Gasteiger charge is -2.26. The third kappa shape index (κ3) is 2.29. The molecule has 1 aliphatic rings. The van der Waals surface area contributed by atoms with Crippen LogP contribution in [-0.4, -0.2) is 16.6 Å². The highest BCUT2D eigenvalue weighted by Crippen LogP contribution is 2.31. The van der Waals surface area contributed by atoms with E-state index in [9.17, 15) is 4.79 Å². The van der Waals surface area contributed by atoms with Crippen molar-refractivity contribution < 1.29 is 13.9 Å². The molecule has 1 aromatic carbocycles. The Morgan fingerprint density at radius 1 is 1.30 bits per heavy atom. The zero-order valence-electron chi connectivity index (χ0n) is 11.8. The Balaban J connectivity index is 1.88. The molecule has 0 saturated heterocycles. The molecule has 104 valence electrons. The minimum absolute atomic E-state index is 0.361. The molecule has 0 N–H and O–H groups in total. The van der Waals surface area contributed by atoms with E-state index in [1.807, 2.05) is 51.1 Å². The average Bonchev–Trinajstić information content (AvgIpc) is 2.74. The molecule has 0 aliphatic carbocycles. The van der Waals surface area contributed by atoms with E-state index >= 15 is 0 Å². The van der Waals surface area contributed by atoms with Crippen LogP contribution in [0.1, 0.15) is 32.1 Å². The summed E-state index contributed by atoms with van der Waals surface area (Å²) in [5.74, 6) is 0.791. The number of carbonyl (C=O) groups excluding carboxylic acids is 1. The van der Waals surface area contributed by atoms with Gasteiger partial charge in [0.15, 0.2) is 0 Å². The van der Waals surface area contributed by atoms with Crippen LogP contribution in [0.3, 0.4) is 0 Å². The molecule has 0 atom stereocenters. The second kappa shape index (κ2) is 4.40. The summed E-state index contributed by atoms with van der Waals surface area (Å²) in [7, 11) is 0. The zero-order valence-corrected chi connectivity index (χ0v) is 11.8. The summed E-state index contributed by atoms with van der Waals surface area (Å²) in [5.41, 5.74) is 1.38. The molecule has 2 aromatic rings. The van der Waals surface area contributed by atoms with Crippen molar-refractivity contribution in [2.24, 2.45) is 0 Å². The first-order valence-electron chi connectivity index (χ1n) is 6.62. The molecule has 0 saturated carbocycles. The summed E-state index contributed by atoms with van der Waals surface area (Å²) in [5, 5.41) is 1.07. The first-order chi connectivity index (χ1) is 9.44. The van der Waals surface area contributed by atoms with Crippen LogP contribution in [0.15, 0.2) is 34.9 Å². The molecule has 1 aliphatic heterocycles. The van der Waals surface area contributed by atoms with Gasteiger partial charge in [0.1, 0.15) is 16.9 Å². The van der Waals surface area contributed by atoms with Crippen molar-refractivity contribution >= 4 is 23.1 Å².